The van der Waals surface area contributed by atoms with Crippen molar-refractivity contribution in [2.75, 3.05) is 0 Å². The molecule has 0 spiro atoms. The van der Waals surface area contributed by atoms with Gasteiger partial charge in [0.1, 0.15) is 0 Å². The maximum atomic E-state index is 4.26. The van der Waals surface area contributed by atoms with E-state index in [1.807, 2.05) is 0 Å². The predicted molar refractivity (Wildman–Crippen MR) is 69.3 cm³/mol. The van der Waals surface area contributed by atoms with Gasteiger partial charge in [-0.25, -0.2) is 0 Å². The molecular formula is C12H12S2. The zero-order valence-electron chi connectivity index (χ0n) is 7.77. The molecule has 0 saturated heterocycles. The molecule has 14 heavy (non-hydrogen) atoms. The first-order valence-corrected chi connectivity index (χ1v) is 5.83. The zero-order valence-corrected chi connectivity index (χ0v) is 9.56. The normalized spacial score (nSPS) is 10.7. The van der Waals surface area contributed by atoms with Gasteiger partial charge in [-0.15, -0.1) is 0 Å². The maximum Gasteiger partial charge on any atom is 0.0154 e. The molecule has 0 aliphatic carbocycles. The summed E-state index contributed by atoms with van der Waals surface area (Å²) in [5.41, 5.74) is 2.53. The number of hydrogen-bond acceptors (Lipinski definition) is 2. The molecule has 2 rings (SSSR count). The quantitative estimate of drug-likeness (QED) is 0.708. The maximum absolute atomic E-state index is 4.26. The van der Waals surface area contributed by atoms with Gasteiger partial charge >= 0.3 is 0 Å². The highest BCUT2D eigenvalue weighted by Gasteiger charge is 1.96. The number of benzene rings is 2. The first kappa shape index (κ1) is 9.94. The molecule has 2 aromatic rings. The van der Waals surface area contributed by atoms with E-state index in [1.54, 1.807) is 0 Å². The largest absolute Gasteiger partial charge is 0.175 e. The van der Waals surface area contributed by atoms with Gasteiger partial charge in [0.25, 0.3) is 0 Å². The fourth-order valence-corrected chi connectivity index (χ4v) is 1.93. The summed E-state index contributed by atoms with van der Waals surface area (Å²) < 4.78 is 0. The van der Waals surface area contributed by atoms with Gasteiger partial charge < -0.3 is 0 Å². The molecule has 0 saturated carbocycles. The molecule has 0 aliphatic heterocycles. The SMILES string of the molecule is SCc1ccc2cc(CS)ccc2c1. The lowest BCUT2D eigenvalue weighted by molar-refractivity contribution is 1.43. The molecule has 0 aliphatic rings. The third kappa shape index (κ3) is 1.91. The van der Waals surface area contributed by atoms with Crippen LogP contribution >= 0.6 is 25.3 Å². The van der Waals surface area contributed by atoms with Crippen LogP contribution in [0.5, 0.6) is 0 Å². The van der Waals surface area contributed by atoms with Crippen molar-refractivity contribution in [2.45, 2.75) is 11.5 Å². The van der Waals surface area contributed by atoms with E-state index in [1.165, 1.54) is 21.9 Å². The summed E-state index contributed by atoms with van der Waals surface area (Å²) in [5, 5.41) is 2.56. The van der Waals surface area contributed by atoms with Gasteiger partial charge in [0, 0.05) is 11.5 Å². The standard InChI is InChI=1S/C12H12S2/c13-7-9-1-3-11-6-10(8-14)2-4-12(11)5-9/h1-6,13-14H,7-8H2. The second-order valence-electron chi connectivity index (χ2n) is 3.33. The Morgan fingerprint density at radius 3 is 1.50 bits per heavy atom. The van der Waals surface area contributed by atoms with Crippen LogP contribution in [-0.2, 0) is 11.5 Å². The molecule has 0 heterocycles. The Bertz CT molecular complexity index is 406. The van der Waals surface area contributed by atoms with Crippen LogP contribution in [0.4, 0.5) is 0 Å². The Morgan fingerprint density at radius 1 is 0.714 bits per heavy atom. The van der Waals surface area contributed by atoms with E-state index in [9.17, 15) is 0 Å². The van der Waals surface area contributed by atoms with Crippen LogP contribution in [0.1, 0.15) is 11.1 Å². The molecule has 0 N–H and O–H groups in total. The highest BCUT2D eigenvalue weighted by Crippen LogP contribution is 2.19. The predicted octanol–water partition coefficient (Wildman–Crippen LogP) is 3.70. The van der Waals surface area contributed by atoms with Crippen molar-refractivity contribution in [3.05, 3.63) is 47.5 Å². The van der Waals surface area contributed by atoms with Crippen molar-refractivity contribution in [1.82, 2.24) is 0 Å². The number of thiol groups is 2. The summed E-state index contributed by atoms with van der Waals surface area (Å²) in [7, 11) is 0. The summed E-state index contributed by atoms with van der Waals surface area (Å²) in [6, 6.07) is 12.9. The average Bonchev–Trinajstić information content (AvgIpc) is 2.27. The van der Waals surface area contributed by atoms with Crippen molar-refractivity contribution in [2.24, 2.45) is 0 Å². The van der Waals surface area contributed by atoms with Crippen LogP contribution in [-0.4, -0.2) is 0 Å². The van der Waals surface area contributed by atoms with Crippen molar-refractivity contribution in [3.8, 4) is 0 Å². The Balaban J connectivity index is 2.57. The summed E-state index contributed by atoms with van der Waals surface area (Å²) in [6.45, 7) is 0. The summed E-state index contributed by atoms with van der Waals surface area (Å²) in [4.78, 5) is 0. The highest BCUT2D eigenvalue weighted by atomic mass is 32.1. The third-order valence-corrected chi connectivity index (χ3v) is 3.06. The molecule has 0 aromatic heterocycles. The molecule has 2 heteroatoms. The van der Waals surface area contributed by atoms with Crippen LogP contribution in [0.3, 0.4) is 0 Å². The topological polar surface area (TPSA) is 0 Å². The first-order chi connectivity index (χ1) is 6.83. The fourth-order valence-electron chi connectivity index (χ4n) is 1.54. The Labute approximate surface area is 95.2 Å². The van der Waals surface area contributed by atoms with Gasteiger partial charge in [-0.2, -0.15) is 25.3 Å². The van der Waals surface area contributed by atoms with Crippen molar-refractivity contribution < 1.29 is 0 Å². The smallest absolute Gasteiger partial charge is 0.0154 e. The molecule has 0 bridgehead atoms. The van der Waals surface area contributed by atoms with Gasteiger partial charge in [-0.3, -0.25) is 0 Å². The van der Waals surface area contributed by atoms with Gasteiger partial charge in [-0.1, -0.05) is 36.4 Å². The molecule has 0 nitrogen and oxygen atoms in total. The van der Waals surface area contributed by atoms with Crippen LogP contribution in [0, 0.1) is 0 Å². The average molecular weight is 220 g/mol. The van der Waals surface area contributed by atoms with Crippen LogP contribution in [0.2, 0.25) is 0 Å². The van der Waals surface area contributed by atoms with Gasteiger partial charge in [-0.05, 0) is 21.9 Å². The lowest BCUT2D eigenvalue weighted by Gasteiger charge is -2.02. The second-order valence-corrected chi connectivity index (χ2v) is 3.96. The number of hydrogen-bond donors (Lipinski definition) is 2. The molecule has 0 fully saturated rings. The van der Waals surface area contributed by atoms with Crippen LogP contribution in [0.25, 0.3) is 10.8 Å². The monoisotopic (exact) mass is 220 g/mol. The van der Waals surface area contributed by atoms with Gasteiger partial charge in [0.2, 0.25) is 0 Å². The van der Waals surface area contributed by atoms with E-state index in [4.69, 9.17) is 0 Å². The van der Waals surface area contributed by atoms with Gasteiger partial charge in [0.05, 0.1) is 0 Å². The molecule has 0 radical (unpaired) electrons. The van der Waals surface area contributed by atoms with E-state index in [-0.39, 0.29) is 0 Å². The Hall–Kier alpha value is -0.600. The lowest BCUT2D eigenvalue weighted by atomic mass is 10.1. The molecule has 0 atom stereocenters. The molecule has 0 unspecified atom stereocenters. The first-order valence-electron chi connectivity index (χ1n) is 4.57. The molecule has 2 aromatic carbocycles. The zero-order chi connectivity index (χ0) is 9.97. The van der Waals surface area contributed by atoms with Crippen LogP contribution in [0.15, 0.2) is 36.4 Å². The van der Waals surface area contributed by atoms with E-state index >= 15 is 0 Å². The summed E-state index contributed by atoms with van der Waals surface area (Å²) in [5.74, 6) is 1.59. The Kier molecular flexibility index (Phi) is 3.04. The Morgan fingerprint density at radius 2 is 1.14 bits per heavy atom. The second kappa shape index (κ2) is 4.28. The summed E-state index contributed by atoms with van der Waals surface area (Å²) >= 11 is 8.52. The minimum Gasteiger partial charge on any atom is -0.175 e. The van der Waals surface area contributed by atoms with Gasteiger partial charge in [0.15, 0.2) is 0 Å². The molecular weight excluding hydrogens is 208 g/mol. The minimum atomic E-state index is 0.796. The van der Waals surface area contributed by atoms with E-state index in [0.717, 1.165) is 11.5 Å². The highest BCUT2D eigenvalue weighted by molar-refractivity contribution is 7.79. The van der Waals surface area contributed by atoms with Crippen molar-refractivity contribution in [1.29, 1.82) is 0 Å². The lowest BCUT2D eigenvalue weighted by Crippen LogP contribution is -1.81. The molecule has 0 amide bonds. The van der Waals surface area contributed by atoms with E-state index < -0.39 is 0 Å². The van der Waals surface area contributed by atoms with Crippen molar-refractivity contribution in [3.63, 3.8) is 0 Å². The minimum absolute atomic E-state index is 0.796. The van der Waals surface area contributed by atoms with E-state index in [2.05, 4.69) is 61.7 Å². The molecule has 72 valence electrons. The van der Waals surface area contributed by atoms with Crippen molar-refractivity contribution >= 4 is 36.0 Å². The fraction of sp³-hybridized carbons (Fsp3) is 0.167. The summed E-state index contributed by atoms with van der Waals surface area (Å²) in [6.07, 6.45) is 0. The third-order valence-electron chi connectivity index (χ3n) is 2.33. The number of rotatable bonds is 2. The number of fused-ring (bicyclic) bond motifs is 1. The van der Waals surface area contributed by atoms with Crippen LogP contribution < -0.4 is 0 Å². The van der Waals surface area contributed by atoms with E-state index in [0.29, 0.717) is 0 Å².